The van der Waals surface area contributed by atoms with Crippen LogP contribution in [0.3, 0.4) is 0 Å². The molecule has 0 amide bonds. The maximum absolute atomic E-state index is 4.27. The molecular formula is C9H16BrN3. The van der Waals surface area contributed by atoms with Gasteiger partial charge < -0.3 is 9.47 Å². The Kier molecular flexibility index (Phi) is 4.45. The third-order valence-electron chi connectivity index (χ3n) is 2.10. The van der Waals surface area contributed by atoms with Crippen LogP contribution in [0.25, 0.3) is 0 Å². The summed E-state index contributed by atoms with van der Waals surface area (Å²) in [6.45, 7) is 2.15. The second kappa shape index (κ2) is 5.40. The number of likely N-dealkylation sites (N-methyl/N-ethyl adjacent to an activating group) is 1. The first-order chi connectivity index (χ1) is 6.24. The lowest BCUT2D eigenvalue weighted by Crippen LogP contribution is -2.24. The lowest BCUT2D eigenvalue weighted by atomic mass is 10.4. The van der Waals surface area contributed by atoms with Crippen LogP contribution in [0.1, 0.15) is 5.82 Å². The van der Waals surface area contributed by atoms with Crippen LogP contribution in [-0.2, 0) is 13.5 Å². The van der Waals surface area contributed by atoms with E-state index in [4.69, 9.17) is 0 Å². The van der Waals surface area contributed by atoms with Gasteiger partial charge in [-0.3, -0.25) is 0 Å². The number of hydrogen-bond acceptors (Lipinski definition) is 2. The molecule has 4 heteroatoms. The number of rotatable bonds is 5. The smallest absolute Gasteiger partial charge is 0.109 e. The minimum absolute atomic E-state index is 1.02. The molecule has 1 aromatic heterocycles. The van der Waals surface area contributed by atoms with Crippen molar-refractivity contribution in [3.8, 4) is 0 Å². The van der Waals surface area contributed by atoms with Crippen LogP contribution < -0.4 is 0 Å². The van der Waals surface area contributed by atoms with Crippen molar-refractivity contribution in [2.45, 2.75) is 6.42 Å². The molecule has 0 aromatic carbocycles. The van der Waals surface area contributed by atoms with Crippen LogP contribution in [0.15, 0.2) is 12.4 Å². The maximum Gasteiger partial charge on any atom is 0.109 e. The summed E-state index contributed by atoms with van der Waals surface area (Å²) >= 11 is 3.42. The van der Waals surface area contributed by atoms with Crippen LogP contribution in [0.2, 0.25) is 0 Å². The van der Waals surface area contributed by atoms with Crippen molar-refractivity contribution < 1.29 is 0 Å². The molecule has 0 fully saturated rings. The summed E-state index contributed by atoms with van der Waals surface area (Å²) < 4.78 is 2.07. The highest BCUT2D eigenvalue weighted by molar-refractivity contribution is 9.09. The molecule has 0 aliphatic carbocycles. The first-order valence-electron chi connectivity index (χ1n) is 4.44. The van der Waals surface area contributed by atoms with Gasteiger partial charge in [0, 0.05) is 44.3 Å². The fourth-order valence-electron chi connectivity index (χ4n) is 1.18. The molecule has 0 saturated heterocycles. The second-order valence-electron chi connectivity index (χ2n) is 3.20. The van der Waals surface area contributed by atoms with Gasteiger partial charge in [-0.1, -0.05) is 15.9 Å². The maximum atomic E-state index is 4.27. The molecule has 1 rings (SSSR count). The van der Waals surface area contributed by atoms with Gasteiger partial charge in [-0.25, -0.2) is 4.98 Å². The SMILES string of the molecule is CN(CCBr)CCc1nccn1C. The van der Waals surface area contributed by atoms with Crippen molar-refractivity contribution in [3.63, 3.8) is 0 Å². The highest BCUT2D eigenvalue weighted by atomic mass is 79.9. The van der Waals surface area contributed by atoms with E-state index in [0.29, 0.717) is 0 Å². The van der Waals surface area contributed by atoms with Gasteiger partial charge in [-0.2, -0.15) is 0 Å². The van der Waals surface area contributed by atoms with Crippen LogP contribution in [0.5, 0.6) is 0 Å². The van der Waals surface area contributed by atoms with E-state index < -0.39 is 0 Å². The van der Waals surface area contributed by atoms with Gasteiger partial charge >= 0.3 is 0 Å². The van der Waals surface area contributed by atoms with E-state index in [-0.39, 0.29) is 0 Å². The molecule has 1 aromatic rings. The van der Waals surface area contributed by atoms with Gasteiger partial charge in [0.15, 0.2) is 0 Å². The molecule has 0 aliphatic rings. The summed E-state index contributed by atoms with van der Waals surface area (Å²) in [5.41, 5.74) is 0. The van der Waals surface area contributed by atoms with E-state index >= 15 is 0 Å². The number of hydrogen-bond donors (Lipinski definition) is 0. The average Bonchev–Trinajstić information content (AvgIpc) is 2.48. The van der Waals surface area contributed by atoms with Gasteiger partial charge in [-0.05, 0) is 7.05 Å². The molecular weight excluding hydrogens is 230 g/mol. The summed E-state index contributed by atoms with van der Waals surface area (Å²) in [7, 11) is 4.16. The minimum atomic E-state index is 1.02. The number of aromatic nitrogens is 2. The number of nitrogens with zero attached hydrogens (tertiary/aromatic N) is 3. The fraction of sp³-hybridized carbons (Fsp3) is 0.667. The van der Waals surface area contributed by atoms with Crippen molar-refractivity contribution >= 4 is 15.9 Å². The van der Waals surface area contributed by atoms with Gasteiger partial charge in [-0.15, -0.1) is 0 Å². The summed E-state index contributed by atoms with van der Waals surface area (Å²) in [5.74, 6) is 1.15. The predicted molar refractivity (Wildman–Crippen MR) is 58.2 cm³/mol. The quantitative estimate of drug-likeness (QED) is 0.730. The molecule has 0 radical (unpaired) electrons. The molecule has 0 unspecified atom stereocenters. The summed E-state index contributed by atoms with van der Waals surface area (Å²) in [5, 5.41) is 1.03. The minimum Gasteiger partial charge on any atom is -0.338 e. The average molecular weight is 246 g/mol. The molecule has 0 spiro atoms. The number of alkyl halides is 1. The van der Waals surface area contributed by atoms with Crippen LogP contribution >= 0.6 is 15.9 Å². The van der Waals surface area contributed by atoms with Gasteiger partial charge in [0.05, 0.1) is 0 Å². The topological polar surface area (TPSA) is 21.1 Å². The van der Waals surface area contributed by atoms with Crippen LogP contribution in [0.4, 0.5) is 0 Å². The van der Waals surface area contributed by atoms with Crippen molar-refractivity contribution in [3.05, 3.63) is 18.2 Å². The lowest BCUT2D eigenvalue weighted by molar-refractivity contribution is 0.357. The zero-order chi connectivity index (χ0) is 9.68. The van der Waals surface area contributed by atoms with Crippen molar-refractivity contribution in [1.82, 2.24) is 14.5 Å². The molecule has 0 bridgehead atoms. The Morgan fingerprint density at radius 3 is 2.85 bits per heavy atom. The highest BCUT2D eigenvalue weighted by Gasteiger charge is 2.01. The largest absolute Gasteiger partial charge is 0.338 e. The summed E-state index contributed by atoms with van der Waals surface area (Å²) in [4.78, 5) is 6.57. The van der Waals surface area contributed by atoms with Crippen LogP contribution in [-0.4, -0.2) is 39.9 Å². The molecule has 74 valence electrons. The second-order valence-corrected chi connectivity index (χ2v) is 3.99. The first kappa shape index (κ1) is 10.7. The normalized spacial score (nSPS) is 11.1. The standard InChI is InChI=1S/C9H16BrN3/c1-12(7-4-10)6-3-9-11-5-8-13(9)2/h5,8H,3-4,6-7H2,1-2H3. The molecule has 3 nitrogen and oxygen atoms in total. The van der Waals surface area contributed by atoms with E-state index in [1.54, 1.807) is 0 Å². The van der Waals surface area contributed by atoms with Gasteiger partial charge in [0.1, 0.15) is 5.82 Å². The van der Waals surface area contributed by atoms with E-state index in [9.17, 15) is 0 Å². The zero-order valence-corrected chi connectivity index (χ0v) is 9.79. The summed E-state index contributed by atoms with van der Waals surface area (Å²) in [6.07, 6.45) is 4.85. The Morgan fingerprint density at radius 2 is 2.31 bits per heavy atom. The molecule has 0 saturated carbocycles. The molecule has 0 atom stereocenters. The van der Waals surface area contributed by atoms with Crippen molar-refractivity contribution in [1.29, 1.82) is 0 Å². The molecule has 1 heterocycles. The molecule has 0 N–H and O–H groups in total. The Balaban J connectivity index is 2.30. The Labute approximate surface area is 87.9 Å². The highest BCUT2D eigenvalue weighted by Crippen LogP contribution is 1.97. The number of aryl methyl sites for hydroxylation is 1. The van der Waals surface area contributed by atoms with Gasteiger partial charge in [0.2, 0.25) is 0 Å². The lowest BCUT2D eigenvalue weighted by Gasteiger charge is -2.14. The Hall–Kier alpha value is -0.350. The zero-order valence-electron chi connectivity index (χ0n) is 8.20. The van der Waals surface area contributed by atoms with E-state index in [0.717, 1.165) is 30.7 Å². The Bertz CT molecular complexity index is 247. The molecule has 0 aliphatic heterocycles. The number of imidazole rings is 1. The first-order valence-corrected chi connectivity index (χ1v) is 5.57. The molecule has 13 heavy (non-hydrogen) atoms. The third kappa shape index (κ3) is 3.48. The fourth-order valence-corrected chi connectivity index (χ4v) is 1.79. The third-order valence-corrected chi connectivity index (χ3v) is 2.46. The number of halogens is 1. The summed E-state index contributed by atoms with van der Waals surface area (Å²) in [6, 6.07) is 0. The van der Waals surface area contributed by atoms with Crippen molar-refractivity contribution in [2.24, 2.45) is 7.05 Å². The monoisotopic (exact) mass is 245 g/mol. The van der Waals surface area contributed by atoms with E-state index in [2.05, 4.69) is 37.4 Å². The van der Waals surface area contributed by atoms with Crippen molar-refractivity contribution in [2.75, 3.05) is 25.5 Å². The Morgan fingerprint density at radius 1 is 1.54 bits per heavy atom. The van der Waals surface area contributed by atoms with Crippen LogP contribution in [0, 0.1) is 0 Å². The van der Waals surface area contributed by atoms with E-state index in [1.807, 2.05) is 19.4 Å². The van der Waals surface area contributed by atoms with E-state index in [1.165, 1.54) is 0 Å². The van der Waals surface area contributed by atoms with Gasteiger partial charge in [0.25, 0.3) is 0 Å². The predicted octanol–water partition coefficient (Wildman–Crippen LogP) is 1.29.